The summed E-state index contributed by atoms with van der Waals surface area (Å²) in [6.07, 6.45) is -20.7. The summed E-state index contributed by atoms with van der Waals surface area (Å²) in [7, 11) is 0. The van der Waals surface area contributed by atoms with Crippen LogP contribution in [-0.4, -0.2) is 145 Å². The lowest BCUT2D eigenvalue weighted by Crippen LogP contribution is -2.68. The zero-order chi connectivity index (χ0) is 26.2. The highest BCUT2D eigenvalue weighted by Gasteiger charge is 2.53. The number of nitrogens with one attached hydrogen (secondary N) is 1. The molecule has 1 unspecified atom stereocenters. The number of aliphatic hydroxyl groups excluding tert-OH is 8. The van der Waals surface area contributed by atoms with Crippen molar-refractivity contribution in [3.63, 3.8) is 0 Å². The Labute approximate surface area is 200 Å². The lowest BCUT2D eigenvalue weighted by molar-refractivity contribution is -0.377. The highest BCUT2D eigenvalue weighted by atomic mass is 16.8. The Morgan fingerprint density at radius 1 is 0.743 bits per heavy atom. The monoisotopic (exact) mass is 513 g/mol. The summed E-state index contributed by atoms with van der Waals surface area (Å²) in [5, 5.41) is 84.2. The normalized spacial score (nSPS) is 51.1. The number of carbonyl (C=O) groups is 1. The van der Waals surface area contributed by atoms with E-state index in [-0.39, 0.29) is 0 Å². The van der Waals surface area contributed by atoms with Crippen LogP contribution in [-0.2, 0) is 28.5 Å². The first kappa shape index (κ1) is 28.5. The molecule has 3 heterocycles. The second-order valence-electron chi connectivity index (χ2n) is 9.04. The second kappa shape index (κ2) is 11.6. The number of carbonyl (C=O) groups excluding carboxylic acids is 1. The molecule has 3 rings (SSSR count). The number of rotatable bonds is 6. The van der Waals surface area contributed by atoms with Gasteiger partial charge in [-0.15, -0.1) is 0 Å². The van der Waals surface area contributed by atoms with Crippen molar-refractivity contribution in [1.29, 1.82) is 0 Å². The third kappa shape index (κ3) is 5.93. The van der Waals surface area contributed by atoms with E-state index in [1.807, 2.05) is 0 Å². The first-order valence-corrected chi connectivity index (χ1v) is 11.3. The van der Waals surface area contributed by atoms with E-state index in [1.54, 1.807) is 0 Å². The molecule has 15 atom stereocenters. The van der Waals surface area contributed by atoms with E-state index < -0.39 is 105 Å². The van der Waals surface area contributed by atoms with Crippen LogP contribution >= 0.6 is 0 Å². The Morgan fingerprint density at radius 3 is 1.86 bits per heavy atom. The topological polar surface area (TPSA) is 237 Å². The molecule has 1 amide bonds. The van der Waals surface area contributed by atoms with E-state index in [0.29, 0.717) is 0 Å². The van der Waals surface area contributed by atoms with E-state index in [0.717, 1.165) is 6.92 Å². The third-order valence-electron chi connectivity index (χ3n) is 6.42. The molecule has 15 nitrogen and oxygen atoms in total. The quantitative estimate of drug-likeness (QED) is 0.161. The van der Waals surface area contributed by atoms with Crippen LogP contribution in [0.1, 0.15) is 20.8 Å². The molecule has 204 valence electrons. The van der Waals surface area contributed by atoms with Crippen LogP contribution in [0, 0.1) is 0 Å². The van der Waals surface area contributed by atoms with E-state index in [1.165, 1.54) is 13.8 Å². The molecule has 15 heteroatoms. The van der Waals surface area contributed by atoms with Crippen LogP contribution < -0.4 is 5.32 Å². The van der Waals surface area contributed by atoms with E-state index in [9.17, 15) is 45.6 Å². The van der Waals surface area contributed by atoms with Crippen molar-refractivity contribution in [3.8, 4) is 0 Å². The molecule has 0 aromatic rings. The van der Waals surface area contributed by atoms with Gasteiger partial charge in [0.1, 0.15) is 61.0 Å². The molecule has 35 heavy (non-hydrogen) atoms. The lowest BCUT2D eigenvalue weighted by Gasteiger charge is -2.48. The average molecular weight is 513 g/mol. The van der Waals surface area contributed by atoms with Gasteiger partial charge in [-0.1, -0.05) is 0 Å². The van der Waals surface area contributed by atoms with Gasteiger partial charge in [-0.25, -0.2) is 0 Å². The minimum Gasteiger partial charge on any atom is -0.394 e. The van der Waals surface area contributed by atoms with Crippen molar-refractivity contribution in [2.24, 2.45) is 0 Å². The molecular weight excluding hydrogens is 478 g/mol. The summed E-state index contributed by atoms with van der Waals surface area (Å²) >= 11 is 0. The van der Waals surface area contributed by atoms with Crippen molar-refractivity contribution in [1.82, 2.24) is 5.32 Å². The maximum absolute atomic E-state index is 11.7. The zero-order valence-corrected chi connectivity index (χ0v) is 19.4. The molecule has 3 aliphatic heterocycles. The first-order valence-electron chi connectivity index (χ1n) is 11.3. The maximum Gasteiger partial charge on any atom is 0.217 e. The number of amides is 1. The van der Waals surface area contributed by atoms with Gasteiger partial charge in [0, 0.05) is 6.92 Å². The van der Waals surface area contributed by atoms with Gasteiger partial charge in [0.25, 0.3) is 0 Å². The van der Waals surface area contributed by atoms with Crippen LogP contribution in [0.2, 0.25) is 0 Å². The SMILES string of the molecule is CC(=O)N[C@H]1C(O)O[C@H](CO)[C@H](O)[C@@H]1O[C@@H]1O[C@@H](C)[C@@H](O)[C@@H](O)[C@@H]1O[C@@H]1O[C@@H](C)[C@@H](O)[C@@H](O)[C@@H]1O. The second-order valence-corrected chi connectivity index (χ2v) is 9.04. The number of hydrogen-bond acceptors (Lipinski definition) is 14. The molecule has 0 aliphatic carbocycles. The van der Waals surface area contributed by atoms with Gasteiger partial charge in [-0.2, -0.15) is 0 Å². The van der Waals surface area contributed by atoms with Crippen LogP contribution in [0.25, 0.3) is 0 Å². The van der Waals surface area contributed by atoms with E-state index in [2.05, 4.69) is 5.32 Å². The number of hydrogen-bond donors (Lipinski definition) is 9. The molecule has 0 saturated carbocycles. The lowest BCUT2D eigenvalue weighted by atomic mass is 9.95. The van der Waals surface area contributed by atoms with Crippen LogP contribution in [0.5, 0.6) is 0 Å². The molecule has 0 aromatic carbocycles. The number of aliphatic hydroxyl groups is 8. The van der Waals surface area contributed by atoms with Gasteiger partial charge >= 0.3 is 0 Å². The molecule has 9 N–H and O–H groups in total. The Morgan fingerprint density at radius 2 is 1.29 bits per heavy atom. The van der Waals surface area contributed by atoms with Crippen LogP contribution in [0.15, 0.2) is 0 Å². The van der Waals surface area contributed by atoms with E-state index >= 15 is 0 Å². The highest BCUT2D eigenvalue weighted by molar-refractivity contribution is 5.73. The Hall–Kier alpha value is -1.05. The van der Waals surface area contributed by atoms with Crippen molar-refractivity contribution in [2.45, 2.75) is 113 Å². The van der Waals surface area contributed by atoms with Crippen molar-refractivity contribution in [3.05, 3.63) is 0 Å². The smallest absolute Gasteiger partial charge is 0.217 e. The summed E-state index contributed by atoms with van der Waals surface area (Å²) < 4.78 is 27.6. The largest absolute Gasteiger partial charge is 0.394 e. The zero-order valence-electron chi connectivity index (χ0n) is 19.4. The van der Waals surface area contributed by atoms with E-state index in [4.69, 9.17) is 23.7 Å². The van der Waals surface area contributed by atoms with Crippen LogP contribution in [0.3, 0.4) is 0 Å². The Kier molecular flexibility index (Phi) is 9.42. The fourth-order valence-corrected chi connectivity index (χ4v) is 4.33. The minimum absolute atomic E-state index is 0.595. The summed E-state index contributed by atoms with van der Waals surface area (Å²) in [6.45, 7) is 3.30. The summed E-state index contributed by atoms with van der Waals surface area (Å²) in [5.74, 6) is -0.595. The minimum atomic E-state index is -1.74. The van der Waals surface area contributed by atoms with Gasteiger partial charge in [0.2, 0.25) is 5.91 Å². The predicted octanol–water partition coefficient (Wildman–Crippen LogP) is -5.37. The molecular formula is C20H35NO14. The first-order chi connectivity index (χ1) is 16.4. The van der Waals surface area contributed by atoms with Crippen molar-refractivity contribution < 1.29 is 69.3 Å². The van der Waals surface area contributed by atoms with Gasteiger partial charge in [-0.05, 0) is 13.8 Å². The molecule has 0 radical (unpaired) electrons. The summed E-state index contributed by atoms with van der Waals surface area (Å²) in [5.41, 5.74) is 0. The molecule has 3 aliphatic rings. The standard InChI is InChI=1S/C20H35NO14/c1-5-10(24)13(27)15(29)19(31-5)35-17-14(28)11(25)6(2)32-20(17)34-16-9(21-7(3)23)18(30)33-8(4-22)12(16)26/h5-6,8-20,22,24-30H,4H2,1-3H3,(H,21,23)/t5-,6-,8+,9+,10+,11+,12-,13+,14+,15-,16+,17-,18?,19-,20-/m0/s1. The Bertz CT molecular complexity index is 715. The van der Waals surface area contributed by atoms with Crippen molar-refractivity contribution in [2.75, 3.05) is 6.61 Å². The van der Waals surface area contributed by atoms with Gasteiger partial charge in [-0.3, -0.25) is 4.79 Å². The molecule has 0 aromatic heterocycles. The third-order valence-corrected chi connectivity index (χ3v) is 6.42. The Balaban J connectivity index is 1.86. The van der Waals surface area contributed by atoms with Gasteiger partial charge < -0.3 is 69.9 Å². The molecule has 0 spiro atoms. The van der Waals surface area contributed by atoms with Gasteiger partial charge in [0.15, 0.2) is 18.9 Å². The summed E-state index contributed by atoms with van der Waals surface area (Å²) in [4.78, 5) is 11.7. The predicted molar refractivity (Wildman–Crippen MR) is 110 cm³/mol. The van der Waals surface area contributed by atoms with Crippen LogP contribution in [0.4, 0.5) is 0 Å². The fraction of sp³-hybridized carbons (Fsp3) is 0.950. The highest BCUT2D eigenvalue weighted by Crippen LogP contribution is 2.32. The van der Waals surface area contributed by atoms with Crippen molar-refractivity contribution >= 4 is 5.91 Å². The maximum atomic E-state index is 11.7. The average Bonchev–Trinajstić information content (AvgIpc) is 2.80. The molecule has 0 bridgehead atoms. The number of ether oxygens (including phenoxy) is 5. The molecule has 3 fully saturated rings. The molecule has 3 saturated heterocycles. The summed E-state index contributed by atoms with van der Waals surface area (Å²) in [6, 6.07) is -1.33. The van der Waals surface area contributed by atoms with Gasteiger partial charge in [0.05, 0.1) is 18.8 Å². The fourth-order valence-electron chi connectivity index (χ4n) is 4.33.